The van der Waals surface area contributed by atoms with E-state index >= 15 is 0 Å². The van der Waals surface area contributed by atoms with E-state index in [0.717, 1.165) is 6.20 Å². The third-order valence-corrected chi connectivity index (χ3v) is 5.12. The second-order valence-electron chi connectivity index (χ2n) is 5.06. The van der Waals surface area contributed by atoms with Crippen molar-refractivity contribution < 1.29 is 22.4 Å². The van der Waals surface area contributed by atoms with Gasteiger partial charge in [0.1, 0.15) is 12.7 Å². The van der Waals surface area contributed by atoms with Gasteiger partial charge in [-0.1, -0.05) is 34.8 Å². The van der Waals surface area contributed by atoms with Crippen LogP contribution in [0.15, 0.2) is 23.2 Å². The number of hydrogen-bond donors (Lipinski definition) is 1. The van der Waals surface area contributed by atoms with Crippen LogP contribution in [0.25, 0.3) is 0 Å². The van der Waals surface area contributed by atoms with E-state index in [4.69, 9.17) is 48.8 Å². The van der Waals surface area contributed by atoms with Gasteiger partial charge in [0.2, 0.25) is 5.88 Å². The van der Waals surface area contributed by atoms with Crippen molar-refractivity contribution >= 4 is 44.9 Å². The van der Waals surface area contributed by atoms with Gasteiger partial charge >= 0.3 is 10.1 Å². The molecule has 2 aromatic rings. The standard InChI is InChI=1S/C13H11Cl3N2O5S/c14-7-1-10(15)9(11(16)2-7)6-22-8-4-18-13(23-5-8)12(3-17-18)24(19,20)21/h1-3,8H,4-6H2,(H,19,20,21). The van der Waals surface area contributed by atoms with E-state index in [9.17, 15) is 8.42 Å². The summed E-state index contributed by atoms with van der Waals surface area (Å²) < 4.78 is 43.9. The van der Waals surface area contributed by atoms with Gasteiger partial charge in [-0.2, -0.15) is 13.5 Å². The highest BCUT2D eigenvalue weighted by atomic mass is 35.5. The Hall–Kier alpha value is -1.03. The molecule has 0 bridgehead atoms. The SMILES string of the molecule is O=S(=O)(O)c1cnn2c1OCC(OCc1c(Cl)cc(Cl)cc1Cl)C2. The van der Waals surface area contributed by atoms with Crippen LogP contribution in [0.2, 0.25) is 15.1 Å². The van der Waals surface area contributed by atoms with Crippen LogP contribution >= 0.6 is 34.8 Å². The first kappa shape index (κ1) is 17.8. The molecular weight excluding hydrogens is 403 g/mol. The number of ether oxygens (including phenoxy) is 2. The Labute approximate surface area is 152 Å². The first-order valence-corrected chi connectivity index (χ1v) is 9.24. The van der Waals surface area contributed by atoms with Gasteiger partial charge < -0.3 is 9.47 Å². The van der Waals surface area contributed by atoms with E-state index in [2.05, 4.69) is 5.10 Å². The maximum Gasteiger partial charge on any atom is 0.301 e. The molecule has 7 nitrogen and oxygen atoms in total. The molecule has 1 aliphatic heterocycles. The van der Waals surface area contributed by atoms with Gasteiger partial charge in [-0.25, -0.2) is 4.68 Å². The molecule has 0 fully saturated rings. The number of halogens is 3. The Morgan fingerprint density at radius 3 is 2.62 bits per heavy atom. The monoisotopic (exact) mass is 412 g/mol. The van der Waals surface area contributed by atoms with Crippen molar-refractivity contribution in [2.24, 2.45) is 0 Å². The minimum absolute atomic E-state index is 0.0140. The van der Waals surface area contributed by atoms with Crippen molar-refractivity contribution in [3.63, 3.8) is 0 Å². The summed E-state index contributed by atoms with van der Waals surface area (Å²) >= 11 is 18.0. The fourth-order valence-corrected chi connectivity index (χ4v) is 3.73. The maximum absolute atomic E-state index is 11.2. The minimum atomic E-state index is -4.39. The van der Waals surface area contributed by atoms with Crippen LogP contribution in [0.5, 0.6) is 5.88 Å². The Morgan fingerprint density at radius 2 is 2.00 bits per heavy atom. The lowest BCUT2D eigenvalue weighted by Crippen LogP contribution is -2.33. The van der Waals surface area contributed by atoms with Gasteiger partial charge in [-0.05, 0) is 12.1 Å². The lowest BCUT2D eigenvalue weighted by atomic mass is 10.2. The maximum atomic E-state index is 11.2. The van der Waals surface area contributed by atoms with E-state index in [0.29, 0.717) is 20.6 Å². The Bertz CT molecular complexity index is 861. The molecule has 1 N–H and O–H groups in total. The fraction of sp³-hybridized carbons (Fsp3) is 0.308. The molecule has 1 aromatic heterocycles. The smallest absolute Gasteiger partial charge is 0.301 e. The number of benzene rings is 1. The van der Waals surface area contributed by atoms with Crippen molar-refractivity contribution in [2.75, 3.05) is 6.61 Å². The molecule has 0 saturated heterocycles. The van der Waals surface area contributed by atoms with Gasteiger partial charge in [0.25, 0.3) is 0 Å². The summed E-state index contributed by atoms with van der Waals surface area (Å²) in [6.45, 7) is 0.481. The predicted octanol–water partition coefficient (Wildman–Crippen LogP) is 3.07. The first-order chi connectivity index (χ1) is 11.3. The summed E-state index contributed by atoms with van der Waals surface area (Å²) in [5, 5.41) is 5.08. The van der Waals surface area contributed by atoms with Gasteiger partial charge in [-0.15, -0.1) is 0 Å². The van der Waals surface area contributed by atoms with Crippen LogP contribution in [0, 0.1) is 0 Å². The highest BCUT2D eigenvalue weighted by molar-refractivity contribution is 7.86. The van der Waals surface area contributed by atoms with E-state index in [1.165, 1.54) is 4.68 Å². The van der Waals surface area contributed by atoms with Crippen molar-refractivity contribution in [2.45, 2.75) is 24.2 Å². The highest BCUT2D eigenvalue weighted by Gasteiger charge is 2.29. The van der Waals surface area contributed by atoms with Crippen LogP contribution in [0.1, 0.15) is 5.56 Å². The third kappa shape index (κ3) is 3.63. The second kappa shape index (κ2) is 6.70. The zero-order valence-corrected chi connectivity index (χ0v) is 15.0. The summed E-state index contributed by atoms with van der Waals surface area (Å²) in [5.74, 6) is -0.0140. The summed E-state index contributed by atoms with van der Waals surface area (Å²) in [6.07, 6.45) is 0.634. The fourth-order valence-electron chi connectivity index (χ4n) is 2.24. The lowest BCUT2D eigenvalue weighted by Gasteiger charge is -2.25. The number of aromatic nitrogens is 2. The normalized spacial score (nSPS) is 17.4. The summed E-state index contributed by atoms with van der Waals surface area (Å²) in [4.78, 5) is -0.371. The van der Waals surface area contributed by atoms with Crippen molar-refractivity contribution in [1.29, 1.82) is 0 Å². The average Bonchev–Trinajstić information content (AvgIpc) is 2.89. The second-order valence-corrected chi connectivity index (χ2v) is 7.70. The van der Waals surface area contributed by atoms with Gasteiger partial charge in [0.05, 0.1) is 19.3 Å². The van der Waals surface area contributed by atoms with E-state index < -0.39 is 16.2 Å². The zero-order chi connectivity index (χ0) is 17.5. The zero-order valence-electron chi connectivity index (χ0n) is 11.9. The summed E-state index contributed by atoms with van der Waals surface area (Å²) in [7, 11) is -4.39. The Balaban J connectivity index is 1.71. The molecule has 24 heavy (non-hydrogen) atoms. The molecule has 0 spiro atoms. The predicted molar refractivity (Wildman–Crippen MR) is 87.6 cm³/mol. The van der Waals surface area contributed by atoms with Gasteiger partial charge in [-0.3, -0.25) is 4.55 Å². The molecule has 1 atom stereocenters. The van der Waals surface area contributed by atoms with Crippen LogP contribution in [-0.2, 0) is 28.0 Å². The number of nitrogens with zero attached hydrogens (tertiary/aromatic N) is 2. The first-order valence-electron chi connectivity index (χ1n) is 6.67. The highest BCUT2D eigenvalue weighted by Crippen LogP contribution is 2.31. The van der Waals surface area contributed by atoms with Crippen LogP contribution in [0.3, 0.4) is 0 Å². The summed E-state index contributed by atoms with van der Waals surface area (Å²) in [6, 6.07) is 3.13. The topological polar surface area (TPSA) is 90.7 Å². The molecular formula is C13H11Cl3N2O5S. The minimum Gasteiger partial charge on any atom is -0.474 e. The molecule has 2 heterocycles. The Morgan fingerprint density at radius 1 is 1.33 bits per heavy atom. The molecule has 130 valence electrons. The number of fused-ring (bicyclic) bond motifs is 1. The molecule has 0 aliphatic carbocycles. The molecule has 0 amide bonds. The molecule has 1 unspecified atom stereocenters. The lowest BCUT2D eigenvalue weighted by molar-refractivity contribution is -0.0227. The number of rotatable bonds is 4. The number of hydrogen-bond acceptors (Lipinski definition) is 5. The van der Waals surface area contributed by atoms with Crippen molar-refractivity contribution in [1.82, 2.24) is 9.78 Å². The molecule has 1 aromatic carbocycles. The van der Waals surface area contributed by atoms with Crippen LogP contribution < -0.4 is 4.74 Å². The quantitative estimate of drug-likeness (QED) is 0.775. The third-order valence-electron chi connectivity index (χ3n) is 3.39. The molecule has 1 aliphatic rings. The van der Waals surface area contributed by atoms with Gasteiger partial charge in [0.15, 0.2) is 4.90 Å². The van der Waals surface area contributed by atoms with Crippen LogP contribution in [-0.4, -0.2) is 35.5 Å². The average molecular weight is 414 g/mol. The summed E-state index contributed by atoms with van der Waals surface area (Å²) in [5.41, 5.74) is 0.590. The molecule has 0 radical (unpaired) electrons. The molecule has 11 heteroatoms. The largest absolute Gasteiger partial charge is 0.474 e. The van der Waals surface area contributed by atoms with Crippen molar-refractivity contribution in [3.8, 4) is 5.88 Å². The molecule has 3 rings (SSSR count). The van der Waals surface area contributed by atoms with Crippen molar-refractivity contribution in [3.05, 3.63) is 39.0 Å². The Kier molecular flexibility index (Phi) is 4.96. The van der Waals surface area contributed by atoms with E-state index in [1.807, 2.05) is 0 Å². The van der Waals surface area contributed by atoms with Gasteiger partial charge in [0, 0.05) is 20.6 Å². The molecule has 0 saturated carbocycles. The van der Waals surface area contributed by atoms with Crippen LogP contribution in [0.4, 0.5) is 0 Å². The van der Waals surface area contributed by atoms with E-state index in [-0.39, 0.29) is 30.5 Å². The van der Waals surface area contributed by atoms with E-state index in [1.54, 1.807) is 12.1 Å².